The lowest BCUT2D eigenvalue weighted by Gasteiger charge is -2.09. The van der Waals surface area contributed by atoms with E-state index in [2.05, 4.69) is 10.3 Å². The van der Waals surface area contributed by atoms with E-state index in [4.69, 9.17) is 21.4 Å². The van der Waals surface area contributed by atoms with Crippen LogP contribution in [0.1, 0.15) is 16.1 Å². The molecule has 0 saturated carbocycles. The van der Waals surface area contributed by atoms with Crippen molar-refractivity contribution in [3.63, 3.8) is 0 Å². The minimum atomic E-state index is -1.18. The molecule has 0 radical (unpaired) electrons. The maximum Gasteiger partial charge on any atom is 0.339 e. The number of halogens is 1. The lowest BCUT2D eigenvalue weighted by molar-refractivity contribution is 0.0694. The van der Waals surface area contributed by atoms with Crippen LogP contribution in [0.2, 0.25) is 5.02 Å². The molecule has 0 aliphatic heterocycles. The Morgan fingerprint density at radius 1 is 1.38 bits per heavy atom. The highest BCUT2D eigenvalue weighted by molar-refractivity contribution is 6.30. The lowest BCUT2D eigenvalue weighted by atomic mass is 10.2. The minimum absolute atomic E-state index is 0.150. The van der Waals surface area contributed by atoms with Crippen LogP contribution in [0.5, 0.6) is 11.6 Å². The van der Waals surface area contributed by atoms with Gasteiger partial charge in [0.25, 0.3) is 0 Å². The highest BCUT2D eigenvalue weighted by atomic mass is 35.5. The van der Waals surface area contributed by atoms with Gasteiger partial charge >= 0.3 is 5.97 Å². The number of anilines is 1. The maximum atomic E-state index is 10.8. The lowest BCUT2D eigenvalue weighted by Crippen LogP contribution is -2.03. The molecule has 110 valence electrons. The van der Waals surface area contributed by atoms with Crippen molar-refractivity contribution in [3.05, 3.63) is 46.6 Å². The van der Waals surface area contributed by atoms with Crippen molar-refractivity contribution in [1.29, 1.82) is 0 Å². The summed E-state index contributed by atoms with van der Waals surface area (Å²) in [6, 6.07) is 7.50. The van der Waals surface area contributed by atoms with E-state index in [0.29, 0.717) is 28.8 Å². The van der Waals surface area contributed by atoms with Gasteiger partial charge in [0.05, 0.1) is 19.3 Å². The third kappa shape index (κ3) is 3.76. The molecule has 0 aliphatic carbocycles. The summed E-state index contributed by atoms with van der Waals surface area (Å²) >= 11 is 5.94. The molecule has 0 fully saturated rings. The Kier molecular flexibility index (Phi) is 4.49. The molecule has 1 aromatic carbocycles. The topological polar surface area (TPSA) is 91.7 Å². The van der Waals surface area contributed by atoms with Gasteiger partial charge in [0, 0.05) is 22.8 Å². The van der Waals surface area contributed by atoms with Gasteiger partial charge in [0.15, 0.2) is 0 Å². The van der Waals surface area contributed by atoms with E-state index in [-0.39, 0.29) is 11.3 Å². The van der Waals surface area contributed by atoms with Crippen molar-refractivity contribution in [1.82, 2.24) is 4.98 Å². The fourth-order valence-corrected chi connectivity index (χ4v) is 1.95. The van der Waals surface area contributed by atoms with Crippen LogP contribution >= 0.6 is 11.6 Å². The van der Waals surface area contributed by atoms with Gasteiger partial charge in [0.1, 0.15) is 11.3 Å². The van der Waals surface area contributed by atoms with Crippen LogP contribution in [-0.4, -0.2) is 28.3 Å². The molecular formula is C14H13ClN2O4. The number of rotatable bonds is 5. The summed E-state index contributed by atoms with van der Waals surface area (Å²) in [6.45, 7) is 0.350. The SMILES string of the molecule is COc1cc(Cl)cc(CNc2ccc(C(=O)O)c(O)c2)n1. The van der Waals surface area contributed by atoms with Gasteiger partial charge in [-0.25, -0.2) is 9.78 Å². The first-order valence-electron chi connectivity index (χ1n) is 6.00. The van der Waals surface area contributed by atoms with Crippen molar-refractivity contribution in [2.45, 2.75) is 6.54 Å². The van der Waals surface area contributed by atoms with Gasteiger partial charge in [-0.1, -0.05) is 11.6 Å². The molecule has 3 N–H and O–H groups in total. The third-order valence-electron chi connectivity index (χ3n) is 2.73. The zero-order valence-electron chi connectivity index (χ0n) is 11.1. The highest BCUT2D eigenvalue weighted by Gasteiger charge is 2.09. The molecule has 2 aromatic rings. The van der Waals surface area contributed by atoms with Gasteiger partial charge < -0.3 is 20.3 Å². The monoisotopic (exact) mass is 308 g/mol. The first-order chi connectivity index (χ1) is 9.99. The second-order valence-electron chi connectivity index (χ2n) is 4.21. The van der Waals surface area contributed by atoms with Crippen molar-refractivity contribution in [2.75, 3.05) is 12.4 Å². The summed E-state index contributed by atoms with van der Waals surface area (Å²) in [4.78, 5) is 15.0. The molecule has 21 heavy (non-hydrogen) atoms. The van der Waals surface area contributed by atoms with Crippen molar-refractivity contribution in [3.8, 4) is 11.6 Å². The van der Waals surface area contributed by atoms with Crippen LogP contribution in [0, 0.1) is 0 Å². The Balaban J connectivity index is 2.11. The molecule has 0 aliphatic rings. The number of carbonyl (C=O) groups is 1. The van der Waals surface area contributed by atoms with Gasteiger partial charge in [-0.05, 0) is 18.2 Å². The van der Waals surface area contributed by atoms with Crippen molar-refractivity contribution < 1.29 is 19.7 Å². The summed E-state index contributed by atoms with van der Waals surface area (Å²) in [5, 5.41) is 22.0. The Bertz CT molecular complexity index is 676. The zero-order chi connectivity index (χ0) is 15.4. The van der Waals surface area contributed by atoms with E-state index in [0.717, 1.165) is 0 Å². The number of methoxy groups -OCH3 is 1. The maximum absolute atomic E-state index is 10.8. The van der Waals surface area contributed by atoms with Gasteiger partial charge in [-0.2, -0.15) is 0 Å². The molecule has 2 rings (SSSR count). The largest absolute Gasteiger partial charge is 0.507 e. The number of aromatic carboxylic acids is 1. The number of nitrogens with one attached hydrogen (secondary N) is 1. The predicted molar refractivity (Wildman–Crippen MR) is 78.2 cm³/mol. The van der Waals surface area contributed by atoms with E-state index in [1.165, 1.54) is 19.2 Å². The van der Waals surface area contributed by atoms with Crippen molar-refractivity contribution >= 4 is 23.3 Å². The number of hydrogen-bond donors (Lipinski definition) is 3. The van der Waals surface area contributed by atoms with Crippen LogP contribution < -0.4 is 10.1 Å². The van der Waals surface area contributed by atoms with Gasteiger partial charge in [-0.15, -0.1) is 0 Å². The first kappa shape index (κ1) is 14.9. The Morgan fingerprint density at radius 2 is 2.14 bits per heavy atom. The normalized spacial score (nSPS) is 10.2. The summed E-state index contributed by atoms with van der Waals surface area (Å²) < 4.78 is 5.02. The number of hydrogen-bond acceptors (Lipinski definition) is 5. The molecule has 0 spiro atoms. The van der Waals surface area contributed by atoms with Crippen LogP contribution in [0.15, 0.2) is 30.3 Å². The average molecular weight is 309 g/mol. The fourth-order valence-electron chi connectivity index (χ4n) is 1.74. The number of aromatic hydroxyl groups is 1. The standard InChI is InChI=1S/C14H13ClN2O4/c1-21-13-5-8(15)4-10(17-13)7-16-9-2-3-11(14(19)20)12(18)6-9/h2-6,16,18H,7H2,1H3,(H,19,20). The number of pyridine rings is 1. The molecule has 0 atom stereocenters. The van der Waals surface area contributed by atoms with Crippen LogP contribution in [0.3, 0.4) is 0 Å². The van der Waals surface area contributed by atoms with E-state index in [1.54, 1.807) is 18.2 Å². The van der Waals surface area contributed by atoms with Crippen molar-refractivity contribution in [2.24, 2.45) is 0 Å². The second kappa shape index (κ2) is 6.32. The molecule has 0 saturated heterocycles. The highest BCUT2D eigenvalue weighted by Crippen LogP contribution is 2.23. The molecule has 6 nitrogen and oxygen atoms in total. The first-order valence-corrected chi connectivity index (χ1v) is 6.38. The van der Waals surface area contributed by atoms with Gasteiger partial charge in [-0.3, -0.25) is 0 Å². The molecule has 7 heteroatoms. The number of aromatic nitrogens is 1. The van der Waals surface area contributed by atoms with Gasteiger partial charge in [0.2, 0.25) is 5.88 Å². The number of phenols is 1. The van der Waals surface area contributed by atoms with E-state index >= 15 is 0 Å². The Labute approximate surface area is 126 Å². The predicted octanol–water partition coefficient (Wildman–Crippen LogP) is 2.76. The quantitative estimate of drug-likeness (QED) is 0.786. The van der Waals surface area contributed by atoms with Crippen LogP contribution in [0.25, 0.3) is 0 Å². The fraction of sp³-hybridized carbons (Fsp3) is 0.143. The second-order valence-corrected chi connectivity index (χ2v) is 4.65. The molecular weight excluding hydrogens is 296 g/mol. The van der Waals surface area contributed by atoms with Crippen LogP contribution in [-0.2, 0) is 6.54 Å². The molecule has 1 aromatic heterocycles. The number of nitrogens with zero attached hydrogens (tertiary/aromatic N) is 1. The summed E-state index contributed by atoms with van der Waals surface area (Å²) in [6.07, 6.45) is 0. The van der Waals surface area contributed by atoms with Crippen LogP contribution in [0.4, 0.5) is 5.69 Å². The molecule has 0 unspecified atom stereocenters. The minimum Gasteiger partial charge on any atom is -0.507 e. The summed E-state index contributed by atoms with van der Waals surface area (Å²) in [5.41, 5.74) is 1.07. The van der Waals surface area contributed by atoms with E-state index in [1.807, 2.05) is 0 Å². The molecule has 0 amide bonds. The van der Waals surface area contributed by atoms with E-state index < -0.39 is 5.97 Å². The Hall–Kier alpha value is -2.47. The number of carboxylic acid groups (broad SMARTS) is 1. The number of ether oxygens (including phenoxy) is 1. The molecule has 0 bridgehead atoms. The number of benzene rings is 1. The summed E-state index contributed by atoms with van der Waals surface area (Å²) in [7, 11) is 1.50. The van der Waals surface area contributed by atoms with E-state index in [9.17, 15) is 9.90 Å². The Morgan fingerprint density at radius 3 is 2.76 bits per heavy atom. The summed E-state index contributed by atoms with van der Waals surface area (Å²) in [5.74, 6) is -1.08. The smallest absolute Gasteiger partial charge is 0.339 e. The third-order valence-corrected chi connectivity index (χ3v) is 2.95. The average Bonchev–Trinajstić information content (AvgIpc) is 2.44. The zero-order valence-corrected chi connectivity index (χ0v) is 11.9. The molecule has 1 heterocycles. The number of carboxylic acids is 1.